The number of piperidine rings is 1. The lowest BCUT2D eigenvalue weighted by Gasteiger charge is -2.43. The lowest BCUT2D eigenvalue weighted by molar-refractivity contribution is 0.124. The Labute approximate surface area is 129 Å². The SMILES string of the molecule is CS(=O)(=O)N1CCN(CC2CCC3CCCCC3N2)CC1. The molecule has 21 heavy (non-hydrogen) atoms. The monoisotopic (exact) mass is 315 g/mol. The van der Waals surface area contributed by atoms with Gasteiger partial charge in [0.2, 0.25) is 10.0 Å². The van der Waals surface area contributed by atoms with Crippen molar-refractivity contribution in [2.45, 2.75) is 50.6 Å². The molecule has 6 heteroatoms. The minimum Gasteiger partial charge on any atom is -0.310 e. The Morgan fingerprint density at radius 3 is 2.43 bits per heavy atom. The van der Waals surface area contributed by atoms with Crippen LogP contribution in [-0.4, -0.2) is 68.7 Å². The van der Waals surface area contributed by atoms with Crippen molar-refractivity contribution in [1.82, 2.24) is 14.5 Å². The summed E-state index contributed by atoms with van der Waals surface area (Å²) in [6, 6.07) is 1.35. The number of piperazine rings is 1. The minimum absolute atomic E-state index is 0.606. The molecular weight excluding hydrogens is 286 g/mol. The highest BCUT2D eigenvalue weighted by atomic mass is 32.2. The molecule has 5 nitrogen and oxygen atoms in total. The predicted molar refractivity (Wildman–Crippen MR) is 84.8 cm³/mol. The first kappa shape index (κ1) is 15.7. The molecule has 2 heterocycles. The van der Waals surface area contributed by atoms with Gasteiger partial charge in [0.1, 0.15) is 0 Å². The van der Waals surface area contributed by atoms with E-state index >= 15 is 0 Å². The second-order valence-electron chi connectivity index (χ2n) is 7.05. The fourth-order valence-corrected chi connectivity index (χ4v) is 5.10. The number of fused-ring (bicyclic) bond motifs is 1. The van der Waals surface area contributed by atoms with Crippen LogP contribution in [0, 0.1) is 5.92 Å². The van der Waals surface area contributed by atoms with E-state index in [-0.39, 0.29) is 0 Å². The predicted octanol–water partition coefficient (Wildman–Crippen LogP) is 0.874. The quantitative estimate of drug-likeness (QED) is 0.840. The molecule has 3 unspecified atom stereocenters. The van der Waals surface area contributed by atoms with E-state index in [1.165, 1.54) is 44.8 Å². The maximum absolute atomic E-state index is 11.5. The molecule has 0 aromatic heterocycles. The molecule has 0 bridgehead atoms. The van der Waals surface area contributed by atoms with Gasteiger partial charge < -0.3 is 5.32 Å². The molecule has 1 aliphatic carbocycles. The Hall–Kier alpha value is -0.170. The van der Waals surface area contributed by atoms with Gasteiger partial charge in [-0.3, -0.25) is 4.90 Å². The van der Waals surface area contributed by atoms with E-state index in [1.54, 1.807) is 4.31 Å². The lowest BCUT2D eigenvalue weighted by atomic mass is 9.77. The summed E-state index contributed by atoms with van der Waals surface area (Å²) in [6.07, 6.45) is 9.54. The standard InChI is InChI=1S/C15H29N3O2S/c1-21(19,20)18-10-8-17(9-11-18)12-14-7-6-13-4-2-3-5-15(13)16-14/h13-16H,2-12H2,1H3. The first-order chi connectivity index (χ1) is 10.0. The highest BCUT2D eigenvalue weighted by molar-refractivity contribution is 7.88. The molecule has 0 spiro atoms. The Balaban J connectivity index is 1.45. The molecule has 3 rings (SSSR count). The van der Waals surface area contributed by atoms with E-state index in [2.05, 4.69) is 10.2 Å². The first-order valence-electron chi connectivity index (χ1n) is 8.46. The topological polar surface area (TPSA) is 52.7 Å². The average molecular weight is 315 g/mol. The molecule has 0 amide bonds. The van der Waals surface area contributed by atoms with Gasteiger partial charge in [-0.1, -0.05) is 12.8 Å². The van der Waals surface area contributed by atoms with Crippen LogP contribution in [0.3, 0.4) is 0 Å². The van der Waals surface area contributed by atoms with Crippen molar-refractivity contribution in [3.8, 4) is 0 Å². The zero-order valence-corrected chi connectivity index (χ0v) is 13.9. The third-order valence-corrected chi connectivity index (χ3v) is 6.83. The van der Waals surface area contributed by atoms with Gasteiger partial charge in [-0.05, 0) is 31.6 Å². The third kappa shape index (κ3) is 3.97. The minimum atomic E-state index is -3.01. The number of rotatable bonds is 3. The summed E-state index contributed by atoms with van der Waals surface area (Å²) < 4.78 is 24.7. The summed E-state index contributed by atoms with van der Waals surface area (Å²) in [5.41, 5.74) is 0. The van der Waals surface area contributed by atoms with Crippen LogP contribution in [0.15, 0.2) is 0 Å². The van der Waals surface area contributed by atoms with Crippen molar-refractivity contribution in [1.29, 1.82) is 0 Å². The molecule has 0 radical (unpaired) electrons. The molecule has 0 aromatic rings. The van der Waals surface area contributed by atoms with Crippen molar-refractivity contribution < 1.29 is 8.42 Å². The number of sulfonamides is 1. The second-order valence-corrected chi connectivity index (χ2v) is 9.04. The maximum Gasteiger partial charge on any atom is 0.211 e. The van der Waals surface area contributed by atoms with E-state index in [0.29, 0.717) is 19.1 Å². The van der Waals surface area contributed by atoms with Gasteiger partial charge in [-0.15, -0.1) is 0 Å². The summed E-state index contributed by atoms with van der Waals surface area (Å²) >= 11 is 0. The number of nitrogens with zero attached hydrogens (tertiary/aromatic N) is 2. The van der Waals surface area contributed by atoms with Crippen molar-refractivity contribution in [2.75, 3.05) is 39.0 Å². The van der Waals surface area contributed by atoms with Crippen LogP contribution in [0.2, 0.25) is 0 Å². The summed E-state index contributed by atoms with van der Waals surface area (Å²) in [5, 5.41) is 3.87. The summed E-state index contributed by atoms with van der Waals surface area (Å²) in [4.78, 5) is 2.43. The van der Waals surface area contributed by atoms with Gasteiger partial charge in [0.25, 0.3) is 0 Å². The van der Waals surface area contributed by atoms with Crippen molar-refractivity contribution in [3.05, 3.63) is 0 Å². The number of hydrogen-bond donors (Lipinski definition) is 1. The van der Waals surface area contributed by atoms with E-state index in [1.807, 2.05) is 0 Å². The average Bonchev–Trinajstić information content (AvgIpc) is 2.47. The van der Waals surface area contributed by atoms with Crippen LogP contribution in [0.5, 0.6) is 0 Å². The summed E-state index contributed by atoms with van der Waals surface area (Å²) in [7, 11) is -3.01. The second kappa shape index (κ2) is 6.52. The van der Waals surface area contributed by atoms with Gasteiger partial charge in [-0.25, -0.2) is 8.42 Å². The number of nitrogens with one attached hydrogen (secondary N) is 1. The summed E-state index contributed by atoms with van der Waals surface area (Å²) in [5.74, 6) is 0.914. The largest absolute Gasteiger partial charge is 0.310 e. The van der Waals surface area contributed by atoms with Crippen molar-refractivity contribution in [3.63, 3.8) is 0 Å². The fourth-order valence-electron chi connectivity index (χ4n) is 4.27. The van der Waals surface area contributed by atoms with E-state index in [9.17, 15) is 8.42 Å². The van der Waals surface area contributed by atoms with Gasteiger partial charge in [0, 0.05) is 44.8 Å². The van der Waals surface area contributed by atoms with Gasteiger partial charge in [-0.2, -0.15) is 4.31 Å². The van der Waals surface area contributed by atoms with Crippen LogP contribution >= 0.6 is 0 Å². The van der Waals surface area contributed by atoms with Gasteiger partial charge in [0.15, 0.2) is 0 Å². The molecule has 3 aliphatic rings. The number of hydrogen-bond acceptors (Lipinski definition) is 4. The van der Waals surface area contributed by atoms with Crippen LogP contribution in [0.1, 0.15) is 38.5 Å². The maximum atomic E-state index is 11.5. The van der Waals surface area contributed by atoms with Crippen molar-refractivity contribution in [2.24, 2.45) is 5.92 Å². The lowest BCUT2D eigenvalue weighted by Crippen LogP contribution is -2.56. The molecule has 122 valence electrons. The summed E-state index contributed by atoms with van der Waals surface area (Å²) in [6.45, 7) is 4.13. The van der Waals surface area contributed by atoms with Crippen LogP contribution < -0.4 is 5.32 Å². The molecule has 3 fully saturated rings. The Kier molecular flexibility index (Phi) is 4.88. The van der Waals surface area contributed by atoms with E-state index in [4.69, 9.17) is 0 Å². The highest BCUT2D eigenvalue weighted by Crippen LogP contribution is 2.32. The zero-order chi connectivity index (χ0) is 14.9. The Bertz CT molecular complexity index is 446. The molecular formula is C15H29N3O2S. The fraction of sp³-hybridized carbons (Fsp3) is 1.00. The van der Waals surface area contributed by atoms with Crippen LogP contribution in [-0.2, 0) is 10.0 Å². The molecule has 2 aliphatic heterocycles. The molecule has 1 N–H and O–H groups in total. The Morgan fingerprint density at radius 2 is 1.71 bits per heavy atom. The van der Waals surface area contributed by atoms with Gasteiger partial charge in [0.05, 0.1) is 6.26 Å². The highest BCUT2D eigenvalue weighted by Gasteiger charge is 2.33. The molecule has 2 saturated heterocycles. The van der Waals surface area contributed by atoms with Crippen LogP contribution in [0.25, 0.3) is 0 Å². The molecule has 3 atom stereocenters. The van der Waals surface area contributed by atoms with Crippen molar-refractivity contribution >= 4 is 10.0 Å². The zero-order valence-electron chi connectivity index (χ0n) is 13.1. The molecule has 0 aromatic carbocycles. The van der Waals surface area contributed by atoms with E-state index in [0.717, 1.165) is 31.6 Å². The smallest absolute Gasteiger partial charge is 0.211 e. The molecule has 1 saturated carbocycles. The van der Waals surface area contributed by atoms with Crippen LogP contribution in [0.4, 0.5) is 0 Å². The third-order valence-electron chi connectivity index (χ3n) is 5.52. The van der Waals surface area contributed by atoms with E-state index < -0.39 is 10.0 Å². The Morgan fingerprint density at radius 1 is 1.00 bits per heavy atom. The normalized spacial score (nSPS) is 36.3. The van der Waals surface area contributed by atoms with Gasteiger partial charge >= 0.3 is 0 Å². The first-order valence-corrected chi connectivity index (χ1v) is 10.3.